The van der Waals surface area contributed by atoms with Gasteiger partial charge in [-0.05, 0) is 6.08 Å². The van der Waals surface area contributed by atoms with Gasteiger partial charge in [-0.25, -0.2) is 4.79 Å². The monoisotopic (exact) mass is 264 g/mol. The number of esters is 2. The predicted molar refractivity (Wildman–Crippen MR) is 57.3 cm³/mol. The van der Waals surface area contributed by atoms with Crippen LogP contribution in [0.3, 0.4) is 0 Å². The first kappa shape index (κ1) is 14.0. The van der Waals surface area contributed by atoms with Crippen molar-refractivity contribution < 1.29 is 29.3 Å². The molecule has 0 unspecified atom stereocenters. The number of ether oxygens (including phenoxy) is 2. The van der Waals surface area contributed by atoms with Crippen LogP contribution in [0, 0.1) is 0 Å². The Labute approximate surface area is 103 Å². The summed E-state index contributed by atoms with van der Waals surface area (Å²) < 4.78 is 9.22. The molecular weight excluding hydrogens is 252 g/mol. The predicted octanol–water partition coefficient (Wildman–Crippen LogP) is -0.638. The first-order valence-electron chi connectivity index (χ1n) is 4.90. The second kappa shape index (κ2) is 6.00. The Bertz CT molecular complexity index is 340. The zero-order valence-electron chi connectivity index (χ0n) is 9.13. The maximum Gasteiger partial charge on any atom is 0.333 e. The van der Waals surface area contributed by atoms with Crippen LogP contribution in [0.2, 0.25) is 0 Å². The Balaban J connectivity index is 2.76. The minimum absolute atomic E-state index is 0.0516. The van der Waals surface area contributed by atoms with Crippen molar-refractivity contribution in [1.82, 2.24) is 0 Å². The Hall–Kier alpha value is -1.11. The van der Waals surface area contributed by atoms with E-state index in [1.807, 2.05) is 0 Å². The van der Waals surface area contributed by atoms with Crippen molar-refractivity contribution in [2.75, 3.05) is 13.0 Å². The van der Waals surface area contributed by atoms with E-state index in [9.17, 15) is 19.8 Å². The van der Waals surface area contributed by atoms with Crippen molar-refractivity contribution >= 4 is 23.5 Å². The molecule has 6 nitrogen and oxygen atoms in total. The van der Waals surface area contributed by atoms with Gasteiger partial charge in [-0.2, -0.15) is 0 Å². The number of carbonyl (C=O) groups excluding carboxylic acids is 2. The van der Waals surface area contributed by atoms with E-state index in [2.05, 4.69) is 4.74 Å². The van der Waals surface area contributed by atoms with E-state index in [1.165, 1.54) is 13.2 Å². The van der Waals surface area contributed by atoms with Crippen molar-refractivity contribution in [2.24, 2.45) is 0 Å². The number of alkyl halides is 1. The summed E-state index contributed by atoms with van der Waals surface area (Å²) in [6.45, 7) is 0. The minimum Gasteiger partial charge on any atom is -0.466 e. The fourth-order valence-electron chi connectivity index (χ4n) is 1.55. The van der Waals surface area contributed by atoms with E-state index in [1.54, 1.807) is 0 Å². The molecular formula is C10H13ClO6. The van der Waals surface area contributed by atoms with Crippen molar-refractivity contribution in [3.63, 3.8) is 0 Å². The average molecular weight is 265 g/mol. The van der Waals surface area contributed by atoms with Crippen molar-refractivity contribution in [1.29, 1.82) is 0 Å². The third-order valence-electron chi connectivity index (χ3n) is 2.34. The Kier molecular flexibility index (Phi) is 4.92. The first-order valence-corrected chi connectivity index (χ1v) is 5.43. The van der Waals surface area contributed by atoms with E-state index < -0.39 is 30.3 Å². The number of carbonyl (C=O) groups is 2. The lowest BCUT2D eigenvalue weighted by molar-refractivity contribution is -0.160. The molecule has 0 heterocycles. The molecule has 17 heavy (non-hydrogen) atoms. The molecule has 0 aliphatic heterocycles. The molecule has 3 atom stereocenters. The lowest BCUT2D eigenvalue weighted by atomic mass is 9.92. The molecule has 1 aliphatic rings. The maximum atomic E-state index is 11.2. The quantitative estimate of drug-likeness (QED) is 0.520. The summed E-state index contributed by atoms with van der Waals surface area (Å²) in [7, 11) is 1.20. The zero-order valence-corrected chi connectivity index (χ0v) is 9.88. The van der Waals surface area contributed by atoms with E-state index in [0.29, 0.717) is 0 Å². The van der Waals surface area contributed by atoms with Crippen molar-refractivity contribution in [3.8, 4) is 0 Å². The minimum atomic E-state index is -1.26. The SMILES string of the molecule is COC(=O)C1=C[C@@H](O)[C@@H](OC(=O)CCl)[C@H](O)C1. The third kappa shape index (κ3) is 3.42. The Morgan fingerprint density at radius 1 is 1.53 bits per heavy atom. The average Bonchev–Trinajstić information content (AvgIpc) is 2.32. The second-order valence-corrected chi connectivity index (χ2v) is 3.80. The molecule has 0 bridgehead atoms. The smallest absolute Gasteiger partial charge is 0.333 e. The molecule has 0 aromatic heterocycles. The van der Waals surface area contributed by atoms with Gasteiger partial charge in [0.2, 0.25) is 0 Å². The van der Waals surface area contributed by atoms with Gasteiger partial charge in [0.15, 0.2) is 6.10 Å². The molecule has 0 spiro atoms. The molecule has 0 fully saturated rings. The zero-order chi connectivity index (χ0) is 13.0. The Morgan fingerprint density at radius 3 is 2.65 bits per heavy atom. The van der Waals surface area contributed by atoms with Crippen LogP contribution in [0.4, 0.5) is 0 Å². The molecule has 0 saturated heterocycles. The van der Waals surface area contributed by atoms with Gasteiger partial charge in [0.05, 0.1) is 13.2 Å². The lowest BCUT2D eigenvalue weighted by Crippen LogP contribution is -2.44. The van der Waals surface area contributed by atoms with Gasteiger partial charge in [-0.3, -0.25) is 4.79 Å². The van der Waals surface area contributed by atoms with Gasteiger partial charge in [-0.1, -0.05) is 0 Å². The van der Waals surface area contributed by atoms with Crippen molar-refractivity contribution in [3.05, 3.63) is 11.6 Å². The lowest BCUT2D eigenvalue weighted by Gasteiger charge is -2.30. The maximum absolute atomic E-state index is 11.2. The summed E-state index contributed by atoms with van der Waals surface area (Å²) >= 11 is 5.24. The molecule has 1 rings (SSSR count). The highest BCUT2D eigenvalue weighted by Gasteiger charge is 2.36. The molecule has 1 aliphatic carbocycles. The van der Waals surface area contributed by atoms with Crippen LogP contribution in [0.1, 0.15) is 6.42 Å². The molecule has 0 amide bonds. The summed E-state index contributed by atoms with van der Waals surface area (Å²) in [5, 5.41) is 19.3. The summed E-state index contributed by atoms with van der Waals surface area (Å²) in [5.74, 6) is -1.75. The Morgan fingerprint density at radius 2 is 2.18 bits per heavy atom. The highest BCUT2D eigenvalue weighted by atomic mass is 35.5. The van der Waals surface area contributed by atoms with Crippen LogP contribution in [0.5, 0.6) is 0 Å². The van der Waals surface area contributed by atoms with E-state index in [-0.39, 0.29) is 17.9 Å². The molecule has 0 aromatic carbocycles. The van der Waals surface area contributed by atoms with Crippen LogP contribution in [0.15, 0.2) is 11.6 Å². The van der Waals surface area contributed by atoms with Crippen LogP contribution < -0.4 is 0 Å². The fraction of sp³-hybridized carbons (Fsp3) is 0.600. The highest BCUT2D eigenvalue weighted by Crippen LogP contribution is 2.23. The van der Waals surface area contributed by atoms with Crippen LogP contribution in [-0.2, 0) is 19.1 Å². The standard InChI is InChI=1S/C10H13ClO6/c1-16-10(15)5-2-6(12)9(7(13)3-5)17-8(14)4-11/h2,6-7,9,12-13H,3-4H2,1H3/t6-,7-,9-/m1/s1. The van der Waals surface area contributed by atoms with Gasteiger partial charge < -0.3 is 19.7 Å². The summed E-state index contributed by atoms with van der Waals surface area (Å²) in [6, 6.07) is 0. The largest absolute Gasteiger partial charge is 0.466 e. The number of hydrogen-bond donors (Lipinski definition) is 2. The molecule has 0 radical (unpaired) electrons. The summed E-state index contributed by atoms with van der Waals surface area (Å²) in [6.07, 6.45) is -2.40. The van der Waals surface area contributed by atoms with Crippen LogP contribution >= 0.6 is 11.6 Å². The number of hydrogen-bond acceptors (Lipinski definition) is 6. The van der Waals surface area contributed by atoms with Crippen LogP contribution in [0.25, 0.3) is 0 Å². The molecule has 96 valence electrons. The van der Waals surface area contributed by atoms with Gasteiger partial charge in [0.1, 0.15) is 12.0 Å². The van der Waals surface area contributed by atoms with E-state index in [4.69, 9.17) is 16.3 Å². The second-order valence-electron chi connectivity index (χ2n) is 3.53. The highest BCUT2D eigenvalue weighted by molar-refractivity contribution is 6.26. The normalized spacial score (nSPS) is 28.2. The molecule has 2 N–H and O–H groups in total. The number of methoxy groups -OCH3 is 1. The van der Waals surface area contributed by atoms with Crippen molar-refractivity contribution in [2.45, 2.75) is 24.7 Å². The fourth-order valence-corrected chi connectivity index (χ4v) is 1.62. The topological polar surface area (TPSA) is 93.1 Å². The van der Waals surface area contributed by atoms with Gasteiger partial charge >= 0.3 is 11.9 Å². The molecule has 0 aromatic rings. The van der Waals surface area contributed by atoms with E-state index >= 15 is 0 Å². The van der Waals surface area contributed by atoms with Gasteiger partial charge in [-0.15, -0.1) is 11.6 Å². The number of aliphatic hydroxyl groups is 2. The van der Waals surface area contributed by atoms with E-state index in [0.717, 1.165) is 0 Å². The number of aliphatic hydroxyl groups excluding tert-OH is 2. The van der Waals surface area contributed by atoms with Gasteiger partial charge in [0, 0.05) is 12.0 Å². The first-order chi connectivity index (χ1) is 7.99. The third-order valence-corrected chi connectivity index (χ3v) is 2.56. The van der Waals surface area contributed by atoms with Crippen LogP contribution in [-0.4, -0.2) is 53.5 Å². The number of rotatable bonds is 3. The summed E-state index contributed by atoms with van der Waals surface area (Å²) in [4.78, 5) is 22.2. The molecule has 7 heteroatoms. The van der Waals surface area contributed by atoms with Gasteiger partial charge in [0.25, 0.3) is 0 Å². The molecule has 0 saturated carbocycles. The number of halogens is 1. The summed E-state index contributed by atoms with van der Waals surface area (Å²) in [5.41, 5.74) is 0.144.